The first-order valence-corrected chi connectivity index (χ1v) is 6.58. The first-order valence-electron chi connectivity index (χ1n) is 3.94. The normalized spacial score (nSPS) is 11.6. The number of pyridine rings is 1. The first kappa shape index (κ1) is 16.2. The van der Waals surface area contributed by atoms with Gasteiger partial charge in [-0.05, 0) is 6.07 Å². The summed E-state index contributed by atoms with van der Waals surface area (Å²) in [6.45, 7) is 0. The molecule has 1 aromatic rings. The molecule has 1 rings (SSSR count). The lowest BCUT2D eigenvalue weighted by atomic mass is 10.5. The lowest BCUT2D eigenvalue weighted by molar-refractivity contribution is -2.00. The van der Waals surface area contributed by atoms with E-state index >= 15 is 0 Å². The number of hydrogen-bond acceptors (Lipinski definition) is 7. The summed E-state index contributed by atoms with van der Waals surface area (Å²) in [4.78, 5) is 0.162. The lowest BCUT2D eigenvalue weighted by Crippen LogP contribution is -2.68. The molecular weight excluding hydrogens is 278 g/mol. The first-order chi connectivity index (χ1) is 7.56. The maximum Gasteiger partial charge on any atom is 0.302 e. The molecule has 0 unspecified atom stereocenters. The van der Waals surface area contributed by atoms with E-state index in [4.69, 9.17) is 18.6 Å². The third-order valence-electron chi connectivity index (χ3n) is 1.42. The average Bonchev–Trinajstić information content (AvgIpc) is 2.15. The fourth-order valence-electron chi connectivity index (χ4n) is 0.805. The van der Waals surface area contributed by atoms with Gasteiger partial charge in [-0.1, -0.05) is 0 Å². The van der Waals surface area contributed by atoms with Gasteiger partial charge in [0.25, 0.3) is 0 Å². The molecule has 0 N–H and O–H groups in total. The summed E-state index contributed by atoms with van der Waals surface area (Å²) < 4.78 is 62.2. The Balaban J connectivity index is 0.000000437. The Hall–Kier alpha value is -0.810. The van der Waals surface area contributed by atoms with Crippen molar-refractivity contribution in [3.05, 3.63) is 24.5 Å². The van der Waals surface area contributed by atoms with Crippen molar-refractivity contribution in [3.8, 4) is 0 Å². The smallest absolute Gasteiger partial charge is 0.270 e. The summed E-state index contributed by atoms with van der Waals surface area (Å²) >= 11 is 0. The predicted molar refractivity (Wildman–Crippen MR) is 41.8 cm³/mol. The Labute approximate surface area is 100 Å². The van der Waals surface area contributed by atoms with Crippen molar-refractivity contribution in [2.45, 2.75) is 4.90 Å². The minimum absolute atomic E-state index is 0.162. The van der Waals surface area contributed by atoms with Gasteiger partial charge in [-0.2, -0.15) is 8.42 Å². The van der Waals surface area contributed by atoms with E-state index < -0.39 is 20.4 Å². The molecule has 0 spiro atoms. The second kappa shape index (κ2) is 6.21. The number of rotatable bonds is 2. The fraction of sp³-hybridized carbons (Fsp3) is 0.286. The summed E-state index contributed by atoms with van der Waals surface area (Å²) in [6.07, 6.45) is 3.23. The van der Waals surface area contributed by atoms with Gasteiger partial charge in [0.1, 0.15) is 7.05 Å². The fourth-order valence-corrected chi connectivity index (χ4v) is 1.54. The molecule has 0 bridgehead atoms. The van der Waals surface area contributed by atoms with Crippen LogP contribution in [0.2, 0.25) is 0 Å². The maximum absolute atomic E-state index is 11.1. The second-order valence-corrected chi connectivity index (χ2v) is 5.17. The van der Waals surface area contributed by atoms with Crippen LogP contribution in [0, 0.1) is 10.2 Å². The highest BCUT2D eigenvalue weighted by Crippen LogP contribution is 2.06. The van der Waals surface area contributed by atoms with E-state index in [0.717, 1.165) is 7.11 Å². The zero-order valence-electron chi connectivity index (χ0n) is 8.90. The van der Waals surface area contributed by atoms with Gasteiger partial charge in [-0.25, -0.2) is 23.2 Å². The second-order valence-electron chi connectivity index (χ2n) is 2.70. The molecule has 98 valence electrons. The van der Waals surface area contributed by atoms with Crippen LogP contribution in [0.4, 0.5) is 0 Å². The van der Waals surface area contributed by atoms with Crippen LogP contribution in [0.25, 0.3) is 0 Å². The van der Waals surface area contributed by atoms with Gasteiger partial charge >= 0.3 is 10.1 Å². The molecule has 0 aliphatic heterocycles. The van der Waals surface area contributed by atoms with Gasteiger partial charge in [0.2, 0.25) is 0 Å². The lowest BCUT2D eigenvalue weighted by Gasteiger charge is -2.17. The van der Waals surface area contributed by atoms with E-state index in [-0.39, 0.29) is 4.90 Å². The van der Waals surface area contributed by atoms with Crippen molar-refractivity contribution in [1.29, 1.82) is 0 Å². The average molecular weight is 288 g/mol. The van der Waals surface area contributed by atoms with Crippen molar-refractivity contribution in [1.82, 2.24) is 0 Å². The monoisotopic (exact) mass is 287 g/mol. The van der Waals surface area contributed by atoms with Crippen molar-refractivity contribution in [2.75, 3.05) is 7.11 Å². The van der Waals surface area contributed by atoms with Gasteiger partial charge in [-0.3, -0.25) is 4.18 Å². The van der Waals surface area contributed by atoms with E-state index in [9.17, 15) is 8.42 Å². The molecule has 0 aliphatic rings. The summed E-state index contributed by atoms with van der Waals surface area (Å²) in [6, 6.07) is 3.13. The van der Waals surface area contributed by atoms with Gasteiger partial charge in [0.15, 0.2) is 17.3 Å². The van der Waals surface area contributed by atoms with Crippen LogP contribution in [-0.4, -0.2) is 15.5 Å². The van der Waals surface area contributed by atoms with Crippen molar-refractivity contribution >= 4 is 10.1 Å². The van der Waals surface area contributed by atoms with Crippen molar-refractivity contribution in [3.63, 3.8) is 0 Å². The van der Waals surface area contributed by atoms with Gasteiger partial charge in [0.05, 0.1) is 7.11 Å². The van der Waals surface area contributed by atoms with Crippen LogP contribution in [0.5, 0.6) is 0 Å². The molecule has 0 saturated carbocycles. The molecule has 0 saturated heterocycles. The minimum atomic E-state index is -4.94. The molecule has 0 fully saturated rings. The highest BCUT2D eigenvalue weighted by atomic mass is 35.7. The molecule has 0 amide bonds. The zero-order chi connectivity index (χ0) is 13.7. The standard InChI is InChI=1S/C7H10NO3S.ClHO4/c1-8-5-3-4-7(6-8)12(9,10)11-2;2-1(3,4)5/h3-6H,1-2H3;(H,2,3,4,5)/q+1;/p-1. The SMILES string of the molecule is COS(=O)(=O)c1ccc[n+](C)c1.[O-][Cl+3]([O-])([O-])[O-]. The molecule has 1 heterocycles. The Morgan fingerprint density at radius 1 is 1.29 bits per heavy atom. The van der Waals surface area contributed by atoms with Crippen LogP contribution in [-0.2, 0) is 21.3 Å². The van der Waals surface area contributed by atoms with E-state index in [1.807, 2.05) is 0 Å². The maximum atomic E-state index is 11.1. The Bertz CT molecular complexity index is 450. The highest BCUT2D eigenvalue weighted by molar-refractivity contribution is 7.86. The van der Waals surface area contributed by atoms with Gasteiger partial charge in [0, 0.05) is 6.07 Å². The van der Waals surface area contributed by atoms with E-state index in [1.165, 1.54) is 12.3 Å². The number of hydrogen-bond donors (Lipinski definition) is 0. The molecule has 0 aliphatic carbocycles. The quantitative estimate of drug-likeness (QED) is 0.392. The van der Waals surface area contributed by atoms with Gasteiger partial charge < -0.3 is 0 Å². The summed E-state index contributed by atoms with van der Waals surface area (Å²) in [5, 5.41) is 0. The van der Waals surface area contributed by atoms with Crippen molar-refractivity contribution in [2.24, 2.45) is 7.05 Å². The molecule has 8 nitrogen and oxygen atoms in total. The third kappa shape index (κ3) is 7.99. The summed E-state index contributed by atoms with van der Waals surface area (Å²) in [5.74, 6) is 0. The molecular formula is C7H10ClNO7S. The molecule has 0 radical (unpaired) electrons. The highest BCUT2D eigenvalue weighted by Gasteiger charge is 2.15. The Morgan fingerprint density at radius 3 is 2.12 bits per heavy atom. The van der Waals surface area contributed by atoms with Gasteiger partial charge in [-0.15, -0.1) is 10.2 Å². The topological polar surface area (TPSA) is 139 Å². The zero-order valence-corrected chi connectivity index (χ0v) is 10.5. The predicted octanol–water partition coefficient (Wildman–Crippen LogP) is -4.91. The molecule has 1 aromatic heterocycles. The molecule has 0 aromatic carbocycles. The van der Waals surface area contributed by atoms with Crippen LogP contribution in [0.3, 0.4) is 0 Å². The summed E-state index contributed by atoms with van der Waals surface area (Å²) in [5.41, 5.74) is 0. The molecule has 17 heavy (non-hydrogen) atoms. The third-order valence-corrected chi connectivity index (χ3v) is 2.68. The summed E-state index contributed by atoms with van der Waals surface area (Å²) in [7, 11) is -5.60. The Morgan fingerprint density at radius 2 is 1.76 bits per heavy atom. The largest absolute Gasteiger partial charge is 0.302 e. The van der Waals surface area contributed by atoms with Crippen LogP contribution < -0.4 is 23.2 Å². The van der Waals surface area contributed by atoms with E-state index in [1.54, 1.807) is 23.9 Å². The number of nitrogens with zero attached hydrogens (tertiary/aromatic N) is 1. The van der Waals surface area contributed by atoms with Crippen LogP contribution >= 0.6 is 0 Å². The van der Waals surface area contributed by atoms with E-state index in [2.05, 4.69) is 4.18 Å². The number of aromatic nitrogens is 1. The van der Waals surface area contributed by atoms with Crippen LogP contribution in [0.15, 0.2) is 29.4 Å². The Kier molecular flexibility index (Phi) is 5.92. The molecule has 10 heteroatoms. The number of aryl methyl sites for hydroxylation is 1. The molecule has 0 atom stereocenters. The van der Waals surface area contributed by atoms with Crippen molar-refractivity contribution < 1.29 is 46.0 Å². The van der Waals surface area contributed by atoms with E-state index in [0.29, 0.717) is 0 Å². The number of halogens is 1. The van der Waals surface area contributed by atoms with Crippen LogP contribution in [0.1, 0.15) is 0 Å². The minimum Gasteiger partial charge on any atom is -0.270 e.